The standard InChI is InChI=1S/C17H18N2O2/c1-3-14(19)13-6-4-5-7-15(13)21-16-9-8-12(11-18)10-17(16)20-2/h4-10,14H,3,19H2,1-2H3/t14-/m1/s1. The molecule has 0 radical (unpaired) electrons. The van der Waals surface area contributed by atoms with Crippen molar-refractivity contribution in [2.45, 2.75) is 19.4 Å². The highest BCUT2D eigenvalue weighted by Gasteiger charge is 2.13. The van der Waals surface area contributed by atoms with Crippen LogP contribution in [0.1, 0.15) is 30.5 Å². The lowest BCUT2D eigenvalue weighted by Gasteiger charge is -2.16. The summed E-state index contributed by atoms with van der Waals surface area (Å²) < 4.78 is 11.2. The third-order valence-corrected chi connectivity index (χ3v) is 3.27. The van der Waals surface area contributed by atoms with E-state index in [2.05, 4.69) is 6.07 Å². The largest absolute Gasteiger partial charge is 0.493 e. The monoisotopic (exact) mass is 282 g/mol. The lowest BCUT2D eigenvalue weighted by molar-refractivity contribution is 0.376. The number of hydrogen-bond donors (Lipinski definition) is 1. The van der Waals surface area contributed by atoms with Gasteiger partial charge in [0, 0.05) is 17.7 Å². The number of rotatable bonds is 5. The SMILES string of the molecule is CC[C@@H](N)c1ccccc1Oc1ccc(C#N)cc1OC. The van der Waals surface area contributed by atoms with Crippen LogP contribution in [0.3, 0.4) is 0 Å². The minimum atomic E-state index is -0.0782. The molecule has 0 aliphatic heterocycles. The lowest BCUT2D eigenvalue weighted by Crippen LogP contribution is -2.09. The van der Waals surface area contributed by atoms with Gasteiger partial charge in [-0.25, -0.2) is 0 Å². The van der Waals surface area contributed by atoms with Crippen molar-refractivity contribution in [3.63, 3.8) is 0 Å². The number of nitrogens with two attached hydrogens (primary N) is 1. The minimum absolute atomic E-state index is 0.0782. The Balaban J connectivity index is 2.37. The lowest BCUT2D eigenvalue weighted by atomic mass is 10.0. The summed E-state index contributed by atoms with van der Waals surface area (Å²) in [5.74, 6) is 1.79. The fourth-order valence-corrected chi connectivity index (χ4v) is 2.04. The average Bonchev–Trinajstić information content (AvgIpc) is 2.55. The topological polar surface area (TPSA) is 68.3 Å². The molecule has 2 N–H and O–H groups in total. The molecule has 0 heterocycles. The molecule has 4 heteroatoms. The zero-order valence-electron chi connectivity index (χ0n) is 12.2. The van der Waals surface area contributed by atoms with Crippen molar-refractivity contribution in [1.29, 1.82) is 5.26 Å². The quantitative estimate of drug-likeness (QED) is 0.906. The van der Waals surface area contributed by atoms with Gasteiger partial charge in [0.1, 0.15) is 5.75 Å². The van der Waals surface area contributed by atoms with Crippen LogP contribution in [0.5, 0.6) is 17.2 Å². The molecule has 0 aliphatic carbocycles. The van der Waals surface area contributed by atoms with Crippen LogP contribution < -0.4 is 15.2 Å². The molecule has 2 aromatic rings. The molecule has 0 aromatic heterocycles. The van der Waals surface area contributed by atoms with Crippen molar-refractivity contribution in [2.75, 3.05) is 7.11 Å². The Kier molecular flexibility index (Phi) is 4.81. The number of methoxy groups -OCH3 is 1. The molecule has 0 bridgehead atoms. The Morgan fingerprint density at radius 2 is 1.90 bits per heavy atom. The molecule has 0 aliphatic rings. The van der Waals surface area contributed by atoms with Crippen molar-refractivity contribution < 1.29 is 9.47 Å². The first kappa shape index (κ1) is 14.9. The molecule has 2 rings (SSSR count). The molecule has 0 amide bonds. The first-order valence-corrected chi connectivity index (χ1v) is 6.80. The highest BCUT2D eigenvalue weighted by molar-refractivity contribution is 5.49. The summed E-state index contributed by atoms with van der Waals surface area (Å²) >= 11 is 0. The Morgan fingerprint density at radius 3 is 2.57 bits per heavy atom. The van der Waals surface area contributed by atoms with Crippen LogP contribution in [0.2, 0.25) is 0 Å². The Labute approximate surface area is 124 Å². The van der Waals surface area contributed by atoms with Gasteiger partial charge in [-0.05, 0) is 24.6 Å². The molecule has 0 fully saturated rings. The Hall–Kier alpha value is -2.51. The van der Waals surface area contributed by atoms with E-state index in [1.54, 1.807) is 25.3 Å². The van der Waals surface area contributed by atoms with Gasteiger partial charge in [0.25, 0.3) is 0 Å². The van der Waals surface area contributed by atoms with Crippen LogP contribution in [0.15, 0.2) is 42.5 Å². The first-order chi connectivity index (χ1) is 10.2. The molecular formula is C17H18N2O2. The molecule has 21 heavy (non-hydrogen) atoms. The van der Waals surface area contributed by atoms with Gasteiger partial charge in [-0.2, -0.15) is 5.26 Å². The summed E-state index contributed by atoms with van der Waals surface area (Å²) in [7, 11) is 1.55. The smallest absolute Gasteiger partial charge is 0.169 e. The van der Waals surface area contributed by atoms with Gasteiger partial charge < -0.3 is 15.2 Å². The van der Waals surface area contributed by atoms with E-state index in [4.69, 9.17) is 20.5 Å². The van der Waals surface area contributed by atoms with Crippen LogP contribution in [0.4, 0.5) is 0 Å². The fourth-order valence-electron chi connectivity index (χ4n) is 2.04. The van der Waals surface area contributed by atoms with Crippen LogP contribution in [-0.4, -0.2) is 7.11 Å². The van der Waals surface area contributed by atoms with Crippen LogP contribution in [0, 0.1) is 11.3 Å². The van der Waals surface area contributed by atoms with Crippen LogP contribution in [0.25, 0.3) is 0 Å². The third-order valence-electron chi connectivity index (χ3n) is 3.27. The first-order valence-electron chi connectivity index (χ1n) is 6.80. The summed E-state index contributed by atoms with van der Waals surface area (Å²) in [5.41, 5.74) is 7.59. The number of para-hydroxylation sites is 1. The van der Waals surface area contributed by atoms with Gasteiger partial charge in [-0.1, -0.05) is 25.1 Å². The zero-order chi connectivity index (χ0) is 15.2. The van der Waals surface area contributed by atoms with Crippen molar-refractivity contribution >= 4 is 0 Å². The minimum Gasteiger partial charge on any atom is -0.493 e. The zero-order valence-corrected chi connectivity index (χ0v) is 12.2. The van der Waals surface area contributed by atoms with E-state index in [0.717, 1.165) is 12.0 Å². The van der Waals surface area contributed by atoms with Crippen molar-refractivity contribution in [1.82, 2.24) is 0 Å². The molecule has 0 saturated carbocycles. The summed E-state index contributed by atoms with van der Waals surface area (Å²) in [4.78, 5) is 0. The molecule has 4 nitrogen and oxygen atoms in total. The second-order valence-electron chi connectivity index (χ2n) is 4.63. The highest BCUT2D eigenvalue weighted by atomic mass is 16.5. The molecular weight excluding hydrogens is 264 g/mol. The molecule has 0 spiro atoms. The van der Waals surface area contributed by atoms with E-state index in [9.17, 15) is 0 Å². The third kappa shape index (κ3) is 3.33. The van der Waals surface area contributed by atoms with E-state index in [1.165, 1.54) is 0 Å². The molecule has 1 atom stereocenters. The van der Waals surface area contributed by atoms with E-state index in [0.29, 0.717) is 22.8 Å². The summed E-state index contributed by atoms with van der Waals surface area (Å²) in [6.45, 7) is 2.03. The second-order valence-corrected chi connectivity index (χ2v) is 4.63. The highest BCUT2D eigenvalue weighted by Crippen LogP contribution is 2.35. The van der Waals surface area contributed by atoms with Crippen molar-refractivity contribution in [3.8, 4) is 23.3 Å². The van der Waals surface area contributed by atoms with Crippen LogP contribution >= 0.6 is 0 Å². The summed E-state index contributed by atoms with van der Waals surface area (Å²) in [6, 6.07) is 14.7. The molecule has 0 saturated heterocycles. The van der Waals surface area contributed by atoms with Gasteiger partial charge in [0.05, 0.1) is 18.7 Å². The number of ether oxygens (including phenoxy) is 2. The van der Waals surface area contributed by atoms with E-state index in [-0.39, 0.29) is 6.04 Å². The normalized spacial score (nSPS) is 11.5. The van der Waals surface area contributed by atoms with Crippen molar-refractivity contribution in [3.05, 3.63) is 53.6 Å². The van der Waals surface area contributed by atoms with Gasteiger partial charge in [-0.3, -0.25) is 0 Å². The second kappa shape index (κ2) is 6.78. The summed E-state index contributed by atoms with van der Waals surface area (Å²) in [6.07, 6.45) is 0.824. The predicted molar refractivity (Wildman–Crippen MR) is 81.4 cm³/mol. The maximum absolute atomic E-state index is 8.92. The number of nitriles is 1. The maximum Gasteiger partial charge on any atom is 0.169 e. The van der Waals surface area contributed by atoms with Gasteiger partial charge in [-0.15, -0.1) is 0 Å². The van der Waals surface area contributed by atoms with Crippen LogP contribution in [-0.2, 0) is 0 Å². The van der Waals surface area contributed by atoms with E-state index in [1.807, 2.05) is 31.2 Å². The van der Waals surface area contributed by atoms with E-state index < -0.39 is 0 Å². The van der Waals surface area contributed by atoms with Gasteiger partial charge in [0.15, 0.2) is 11.5 Å². The Morgan fingerprint density at radius 1 is 1.14 bits per heavy atom. The van der Waals surface area contributed by atoms with Crippen molar-refractivity contribution in [2.24, 2.45) is 5.73 Å². The fraction of sp³-hybridized carbons (Fsp3) is 0.235. The Bertz CT molecular complexity index is 662. The molecule has 108 valence electrons. The number of hydrogen-bond acceptors (Lipinski definition) is 4. The number of nitrogens with zero attached hydrogens (tertiary/aromatic N) is 1. The maximum atomic E-state index is 8.92. The number of benzene rings is 2. The van der Waals surface area contributed by atoms with Gasteiger partial charge in [0.2, 0.25) is 0 Å². The van der Waals surface area contributed by atoms with Gasteiger partial charge >= 0.3 is 0 Å². The molecule has 2 aromatic carbocycles. The molecule has 0 unspecified atom stereocenters. The van der Waals surface area contributed by atoms with E-state index >= 15 is 0 Å². The predicted octanol–water partition coefficient (Wildman–Crippen LogP) is 3.77. The summed E-state index contributed by atoms with van der Waals surface area (Å²) in [5, 5.41) is 8.92. The average molecular weight is 282 g/mol.